The van der Waals surface area contributed by atoms with Gasteiger partial charge in [-0.2, -0.15) is 0 Å². The van der Waals surface area contributed by atoms with Crippen molar-refractivity contribution in [2.24, 2.45) is 0 Å². The van der Waals surface area contributed by atoms with Crippen molar-refractivity contribution in [3.05, 3.63) is 24.1 Å². The maximum atomic E-state index is 5.60. The van der Waals surface area contributed by atoms with Gasteiger partial charge in [0.2, 0.25) is 0 Å². The van der Waals surface area contributed by atoms with E-state index in [1.54, 1.807) is 0 Å². The summed E-state index contributed by atoms with van der Waals surface area (Å²) in [5, 5.41) is 3.44. The van der Waals surface area contributed by atoms with Gasteiger partial charge >= 0.3 is 0 Å². The molecule has 19 heavy (non-hydrogen) atoms. The standard InChI is InChI=1S/C15H23N3O/c1-4-15-17-13-11-12(7-8-14(13)19-15)16-9-5-6-10-18(2)3/h7-8,11,16H,4-6,9-10H2,1-3H3. The predicted octanol–water partition coefficient (Wildman–Crippen LogP) is 3.14. The van der Waals surface area contributed by atoms with E-state index in [4.69, 9.17) is 4.42 Å². The summed E-state index contributed by atoms with van der Waals surface area (Å²) in [7, 11) is 4.22. The van der Waals surface area contributed by atoms with Gasteiger partial charge in [-0.05, 0) is 51.7 Å². The van der Waals surface area contributed by atoms with E-state index < -0.39 is 0 Å². The summed E-state index contributed by atoms with van der Waals surface area (Å²) in [6.07, 6.45) is 3.23. The number of fused-ring (bicyclic) bond motifs is 1. The molecule has 104 valence electrons. The summed E-state index contributed by atoms with van der Waals surface area (Å²) >= 11 is 0. The van der Waals surface area contributed by atoms with E-state index in [1.807, 2.05) is 6.07 Å². The number of hydrogen-bond donors (Lipinski definition) is 1. The first-order valence-corrected chi connectivity index (χ1v) is 6.97. The Kier molecular flexibility index (Phi) is 4.80. The van der Waals surface area contributed by atoms with Gasteiger partial charge in [-0.25, -0.2) is 4.98 Å². The molecule has 0 amide bonds. The fourth-order valence-corrected chi connectivity index (χ4v) is 2.02. The SMILES string of the molecule is CCc1nc2cc(NCCCCN(C)C)ccc2o1. The van der Waals surface area contributed by atoms with Crippen LogP contribution in [0.5, 0.6) is 0 Å². The van der Waals surface area contributed by atoms with Gasteiger partial charge in [0.05, 0.1) is 0 Å². The van der Waals surface area contributed by atoms with Crippen LogP contribution in [0, 0.1) is 0 Å². The molecule has 2 aromatic rings. The molecule has 0 saturated heterocycles. The van der Waals surface area contributed by atoms with Crippen molar-refractivity contribution in [3.8, 4) is 0 Å². The molecular formula is C15H23N3O. The number of aryl methyl sites for hydroxylation is 1. The van der Waals surface area contributed by atoms with E-state index in [9.17, 15) is 0 Å². The molecule has 0 radical (unpaired) electrons. The molecule has 0 spiro atoms. The molecule has 4 nitrogen and oxygen atoms in total. The van der Waals surface area contributed by atoms with Crippen molar-refractivity contribution in [2.45, 2.75) is 26.2 Å². The molecule has 1 aromatic carbocycles. The van der Waals surface area contributed by atoms with Crippen molar-refractivity contribution < 1.29 is 4.42 Å². The van der Waals surface area contributed by atoms with Crippen LogP contribution in [0.2, 0.25) is 0 Å². The van der Waals surface area contributed by atoms with Crippen LogP contribution >= 0.6 is 0 Å². The first-order chi connectivity index (χ1) is 9.19. The van der Waals surface area contributed by atoms with Gasteiger partial charge in [0, 0.05) is 18.7 Å². The number of anilines is 1. The van der Waals surface area contributed by atoms with E-state index in [0.29, 0.717) is 0 Å². The molecule has 1 heterocycles. The Morgan fingerprint density at radius 3 is 2.84 bits per heavy atom. The highest BCUT2D eigenvalue weighted by atomic mass is 16.3. The number of oxazole rings is 1. The lowest BCUT2D eigenvalue weighted by Gasteiger charge is -2.09. The second-order valence-corrected chi connectivity index (χ2v) is 5.08. The Labute approximate surface area is 114 Å². The molecule has 0 aliphatic carbocycles. The van der Waals surface area contributed by atoms with Crippen LogP contribution in [-0.4, -0.2) is 37.1 Å². The van der Waals surface area contributed by atoms with Gasteiger partial charge in [0.1, 0.15) is 5.52 Å². The minimum Gasteiger partial charge on any atom is -0.441 e. The molecule has 4 heteroatoms. The summed E-state index contributed by atoms with van der Waals surface area (Å²) in [4.78, 5) is 6.66. The maximum Gasteiger partial charge on any atom is 0.195 e. The van der Waals surface area contributed by atoms with Gasteiger partial charge in [-0.15, -0.1) is 0 Å². The number of aromatic nitrogens is 1. The minimum atomic E-state index is 0.804. The Bertz CT molecular complexity index is 519. The zero-order valence-electron chi connectivity index (χ0n) is 12.1. The number of hydrogen-bond acceptors (Lipinski definition) is 4. The van der Waals surface area contributed by atoms with E-state index in [0.717, 1.165) is 42.2 Å². The Balaban J connectivity index is 1.87. The predicted molar refractivity (Wildman–Crippen MR) is 79.7 cm³/mol. The Hall–Kier alpha value is -1.55. The zero-order chi connectivity index (χ0) is 13.7. The summed E-state index contributed by atoms with van der Waals surface area (Å²) in [6, 6.07) is 6.10. The molecule has 0 aliphatic heterocycles. The van der Waals surface area contributed by atoms with Crippen LogP contribution in [0.4, 0.5) is 5.69 Å². The number of nitrogens with zero attached hydrogens (tertiary/aromatic N) is 2. The molecular weight excluding hydrogens is 238 g/mol. The zero-order valence-corrected chi connectivity index (χ0v) is 12.1. The molecule has 0 saturated carbocycles. The molecule has 0 unspecified atom stereocenters. The summed E-state index contributed by atoms with van der Waals surface area (Å²) in [6.45, 7) is 4.19. The summed E-state index contributed by atoms with van der Waals surface area (Å²) in [5.41, 5.74) is 2.93. The molecule has 1 aromatic heterocycles. The highest BCUT2D eigenvalue weighted by Crippen LogP contribution is 2.20. The van der Waals surface area contributed by atoms with Crippen molar-refractivity contribution in [2.75, 3.05) is 32.5 Å². The van der Waals surface area contributed by atoms with Crippen molar-refractivity contribution in [3.63, 3.8) is 0 Å². The molecule has 0 bridgehead atoms. The van der Waals surface area contributed by atoms with Gasteiger partial charge < -0.3 is 14.6 Å². The summed E-state index contributed by atoms with van der Waals surface area (Å²) < 4.78 is 5.60. The van der Waals surface area contributed by atoms with Crippen molar-refractivity contribution >= 4 is 16.8 Å². The van der Waals surface area contributed by atoms with Crippen molar-refractivity contribution in [1.29, 1.82) is 0 Å². The van der Waals surface area contributed by atoms with Crippen LogP contribution in [0.15, 0.2) is 22.6 Å². The highest BCUT2D eigenvalue weighted by Gasteiger charge is 2.04. The number of benzene rings is 1. The van der Waals surface area contributed by atoms with E-state index >= 15 is 0 Å². The average molecular weight is 261 g/mol. The lowest BCUT2D eigenvalue weighted by Crippen LogP contribution is -2.14. The van der Waals surface area contributed by atoms with E-state index in [1.165, 1.54) is 12.8 Å². The van der Waals surface area contributed by atoms with Crippen LogP contribution in [-0.2, 0) is 6.42 Å². The molecule has 2 rings (SSSR count). The van der Waals surface area contributed by atoms with Gasteiger partial charge in [0.15, 0.2) is 11.5 Å². The van der Waals surface area contributed by atoms with Gasteiger partial charge in [0.25, 0.3) is 0 Å². The first kappa shape index (κ1) is 13.9. The third-order valence-corrected chi connectivity index (χ3v) is 3.10. The Morgan fingerprint density at radius 2 is 2.11 bits per heavy atom. The third-order valence-electron chi connectivity index (χ3n) is 3.10. The van der Waals surface area contributed by atoms with Crippen LogP contribution < -0.4 is 5.32 Å². The summed E-state index contributed by atoms with van der Waals surface area (Å²) in [5.74, 6) is 0.804. The lowest BCUT2D eigenvalue weighted by atomic mass is 10.2. The fourth-order valence-electron chi connectivity index (χ4n) is 2.02. The quantitative estimate of drug-likeness (QED) is 0.777. The van der Waals surface area contributed by atoms with Crippen LogP contribution in [0.25, 0.3) is 11.1 Å². The molecule has 1 N–H and O–H groups in total. The van der Waals surface area contributed by atoms with Crippen LogP contribution in [0.1, 0.15) is 25.7 Å². The van der Waals surface area contributed by atoms with Crippen LogP contribution in [0.3, 0.4) is 0 Å². The smallest absolute Gasteiger partial charge is 0.195 e. The topological polar surface area (TPSA) is 41.3 Å². The molecule has 0 atom stereocenters. The third kappa shape index (κ3) is 3.96. The second kappa shape index (κ2) is 6.57. The number of nitrogens with one attached hydrogen (secondary N) is 1. The average Bonchev–Trinajstić information content (AvgIpc) is 2.80. The van der Waals surface area contributed by atoms with Crippen molar-refractivity contribution in [1.82, 2.24) is 9.88 Å². The van der Waals surface area contributed by atoms with E-state index in [2.05, 4.69) is 48.4 Å². The molecule has 0 fully saturated rings. The lowest BCUT2D eigenvalue weighted by molar-refractivity contribution is 0.396. The highest BCUT2D eigenvalue weighted by molar-refractivity contribution is 5.77. The molecule has 0 aliphatic rings. The number of rotatable bonds is 7. The van der Waals surface area contributed by atoms with E-state index in [-0.39, 0.29) is 0 Å². The largest absolute Gasteiger partial charge is 0.441 e. The fraction of sp³-hybridized carbons (Fsp3) is 0.533. The number of unbranched alkanes of at least 4 members (excludes halogenated alkanes) is 1. The Morgan fingerprint density at radius 1 is 1.26 bits per heavy atom. The first-order valence-electron chi connectivity index (χ1n) is 6.97. The normalized spacial score (nSPS) is 11.4. The minimum absolute atomic E-state index is 0.804. The van der Waals surface area contributed by atoms with Gasteiger partial charge in [-0.1, -0.05) is 6.92 Å². The second-order valence-electron chi connectivity index (χ2n) is 5.08. The van der Waals surface area contributed by atoms with Gasteiger partial charge in [-0.3, -0.25) is 0 Å². The maximum absolute atomic E-state index is 5.60. The monoisotopic (exact) mass is 261 g/mol.